The zero-order chi connectivity index (χ0) is 8.69. The van der Waals surface area contributed by atoms with E-state index in [0.717, 1.165) is 12.6 Å². The number of hydrogen-bond donors (Lipinski definition) is 1. The Hall–Kier alpha value is -0.510. The number of aliphatic carboxylic acids is 1. The minimum absolute atomic E-state index is 0. The Labute approximate surface area is 93.9 Å². The fourth-order valence-electron chi connectivity index (χ4n) is 0.453. The van der Waals surface area contributed by atoms with Crippen LogP contribution < -0.4 is 40.4 Å². The number of nitrogen functional groups attached to an aromatic ring is 1. The first-order valence-corrected chi connectivity index (χ1v) is 3.11. The van der Waals surface area contributed by atoms with Gasteiger partial charge in [-0.25, -0.2) is 0 Å². The molecular formula is C8H10NNaO2. The van der Waals surface area contributed by atoms with Gasteiger partial charge in [-0.15, -0.1) is 0 Å². The van der Waals surface area contributed by atoms with Crippen LogP contribution in [0.25, 0.3) is 0 Å². The van der Waals surface area contributed by atoms with E-state index in [1.807, 2.05) is 30.3 Å². The van der Waals surface area contributed by atoms with Gasteiger partial charge < -0.3 is 15.6 Å². The molecule has 0 bridgehead atoms. The molecule has 0 amide bonds. The number of anilines is 1. The molecule has 0 saturated carbocycles. The van der Waals surface area contributed by atoms with Crippen LogP contribution in [0.3, 0.4) is 0 Å². The van der Waals surface area contributed by atoms with Crippen molar-refractivity contribution < 1.29 is 39.5 Å². The Morgan fingerprint density at radius 1 is 1.33 bits per heavy atom. The van der Waals surface area contributed by atoms with Crippen LogP contribution in [0.1, 0.15) is 6.92 Å². The molecule has 0 fully saturated rings. The zero-order valence-corrected chi connectivity index (χ0v) is 9.28. The van der Waals surface area contributed by atoms with Gasteiger partial charge in [-0.05, 0) is 19.1 Å². The van der Waals surface area contributed by atoms with Crippen molar-refractivity contribution in [2.45, 2.75) is 6.92 Å². The summed E-state index contributed by atoms with van der Waals surface area (Å²) in [6, 6.07) is 9.49. The Balaban J connectivity index is 0. The summed E-state index contributed by atoms with van der Waals surface area (Å²) in [6.45, 7) is 0.972. The number of benzene rings is 1. The van der Waals surface area contributed by atoms with Gasteiger partial charge in [-0.1, -0.05) is 18.2 Å². The van der Waals surface area contributed by atoms with Crippen LogP contribution in [-0.2, 0) is 4.79 Å². The van der Waals surface area contributed by atoms with E-state index in [0.29, 0.717) is 0 Å². The second kappa shape index (κ2) is 8.59. The van der Waals surface area contributed by atoms with Crippen molar-refractivity contribution in [2.24, 2.45) is 0 Å². The maximum absolute atomic E-state index is 8.89. The number of carbonyl (C=O) groups excluding carboxylic acids is 1. The van der Waals surface area contributed by atoms with Crippen molar-refractivity contribution in [1.29, 1.82) is 0 Å². The predicted molar refractivity (Wildman–Crippen MR) is 41.5 cm³/mol. The van der Waals surface area contributed by atoms with Gasteiger partial charge in [0.25, 0.3) is 0 Å². The second-order valence-corrected chi connectivity index (χ2v) is 1.90. The summed E-state index contributed by atoms with van der Waals surface area (Å²) in [5.74, 6) is -1.08. The molecule has 3 nitrogen and oxygen atoms in total. The molecule has 12 heavy (non-hydrogen) atoms. The first-order chi connectivity index (χ1) is 5.13. The van der Waals surface area contributed by atoms with Crippen molar-refractivity contribution in [3.63, 3.8) is 0 Å². The van der Waals surface area contributed by atoms with Gasteiger partial charge in [0.15, 0.2) is 0 Å². The van der Waals surface area contributed by atoms with Gasteiger partial charge in [0.1, 0.15) is 0 Å². The summed E-state index contributed by atoms with van der Waals surface area (Å²) in [7, 11) is 0. The van der Waals surface area contributed by atoms with Crippen molar-refractivity contribution in [1.82, 2.24) is 0 Å². The number of rotatable bonds is 0. The summed E-state index contributed by atoms with van der Waals surface area (Å²) in [6.07, 6.45) is 0. The van der Waals surface area contributed by atoms with Crippen molar-refractivity contribution in [3.8, 4) is 0 Å². The first-order valence-electron chi connectivity index (χ1n) is 3.11. The molecule has 0 unspecified atom stereocenters. The molecule has 0 atom stereocenters. The minimum Gasteiger partial charge on any atom is -0.550 e. The van der Waals surface area contributed by atoms with Crippen LogP contribution in [0.5, 0.6) is 0 Å². The third-order valence-corrected chi connectivity index (χ3v) is 0.800. The molecule has 0 saturated heterocycles. The van der Waals surface area contributed by atoms with Gasteiger partial charge in [-0.2, -0.15) is 0 Å². The fourth-order valence-corrected chi connectivity index (χ4v) is 0.453. The molecule has 0 aliphatic heterocycles. The maximum atomic E-state index is 8.89. The molecular weight excluding hydrogens is 165 g/mol. The quantitative estimate of drug-likeness (QED) is 0.338. The van der Waals surface area contributed by atoms with E-state index in [9.17, 15) is 0 Å². The van der Waals surface area contributed by atoms with Crippen LogP contribution >= 0.6 is 0 Å². The molecule has 4 heteroatoms. The van der Waals surface area contributed by atoms with E-state index in [1.165, 1.54) is 0 Å². The minimum atomic E-state index is -1.08. The van der Waals surface area contributed by atoms with E-state index in [-0.39, 0.29) is 29.6 Å². The monoisotopic (exact) mass is 175 g/mol. The molecule has 2 N–H and O–H groups in total. The summed E-state index contributed by atoms with van der Waals surface area (Å²) < 4.78 is 0. The number of nitrogens with two attached hydrogens (primary N) is 1. The molecule has 0 radical (unpaired) electrons. The second-order valence-electron chi connectivity index (χ2n) is 1.90. The molecule has 0 aromatic heterocycles. The molecule has 0 aliphatic rings. The van der Waals surface area contributed by atoms with Crippen LogP contribution in [0.4, 0.5) is 5.69 Å². The van der Waals surface area contributed by atoms with Gasteiger partial charge in [0.05, 0.1) is 0 Å². The smallest absolute Gasteiger partial charge is 0.550 e. The molecule has 1 aromatic carbocycles. The Bertz CT molecular complexity index is 210. The van der Waals surface area contributed by atoms with E-state index in [2.05, 4.69) is 0 Å². The Morgan fingerprint density at radius 3 is 1.83 bits per heavy atom. The summed E-state index contributed by atoms with van der Waals surface area (Å²) in [5, 5.41) is 8.89. The Morgan fingerprint density at radius 2 is 1.67 bits per heavy atom. The average Bonchev–Trinajstić information content (AvgIpc) is 1.87. The van der Waals surface area contributed by atoms with Crippen molar-refractivity contribution in [2.75, 3.05) is 5.73 Å². The normalized spacial score (nSPS) is 7.08. The van der Waals surface area contributed by atoms with E-state index in [1.54, 1.807) is 0 Å². The predicted octanol–water partition coefficient (Wildman–Crippen LogP) is -2.97. The number of carboxylic acid groups (broad SMARTS) is 1. The third-order valence-electron chi connectivity index (χ3n) is 0.800. The van der Waals surface area contributed by atoms with Crippen LogP contribution in [0, 0.1) is 0 Å². The topological polar surface area (TPSA) is 66.1 Å². The summed E-state index contributed by atoms with van der Waals surface area (Å²) in [4.78, 5) is 8.89. The van der Waals surface area contributed by atoms with E-state index in [4.69, 9.17) is 15.6 Å². The molecule has 0 aliphatic carbocycles. The molecule has 60 valence electrons. The number of para-hydroxylation sites is 1. The zero-order valence-electron chi connectivity index (χ0n) is 7.28. The van der Waals surface area contributed by atoms with Crippen LogP contribution in [0.2, 0.25) is 0 Å². The van der Waals surface area contributed by atoms with E-state index >= 15 is 0 Å². The SMILES string of the molecule is CC(=O)[O-].Nc1ccccc1.[Na+]. The molecule has 1 rings (SSSR count). The largest absolute Gasteiger partial charge is 1.00 e. The maximum Gasteiger partial charge on any atom is 1.00 e. The first kappa shape index (κ1) is 14.0. The molecule has 0 heterocycles. The van der Waals surface area contributed by atoms with Crippen molar-refractivity contribution in [3.05, 3.63) is 30.3 Å². The summed E-state index contributed by atoms with van der Waals surface area (Å²) in [5.41, 5.74) is 6.18. The Kier molecular flexibility index (Phi) is 10.0. The number of carboxylic acids is 1. The number of carbonyl (C=O) groups is 1. The fraction of sp³-hybridized carbons (Fsp3) is 0.125. The van der Waals surface area contributed by atoms with Gasteiger partial charge in [0, 0.05) is 11.7 Å². The van der Waals surface area contributed by atoms with Crippen molar-refractivity contribution >= 4 is 11.7 Å². The number of hydrogen-bond acceptors (Lipinski definition) is 3. The summed E-state index contributed by atoms with van der Waals surface area (Å²) >= 11 is 0. The standard InChI is InChI=1S/C6H7N.C2H4O2.Na/c7-6-4-2-1-3-5-6;1-2(3)4;/h1-5H,7H2;1H3,(H,3,4);/q;;+1/p-1. The van der Waals surface area contributed by atoms with Crippen LogP contribution in [0.15, 0.2) is 30.3 Å². The van der Waals surface area contributed by atoms with E-state index < -0.39 is 5.97 Å². The third kappa shape index (κ3) is 12.2. The van der Waals surface area contributed by atoms with Crippen LogP contribution in [-0.4, -0.2) is 5.97 Å². The average molecular weight is 175 g/mol. The molecule has 0 spiro atoms. The van der Waals surface area contributed by atoms with Gasteiger partial charge >= 0.3 is 29.6 Å². The van der Waals surface area contributed by atoms with Gasteiger partial charge in [-0.3, -0.25) is 0 Å². The van der Waals surface area contributed by atoms with Gasteiger partial charge in [0.2, 0.25) is 0 Å². The molecule has 1 aromatic rings.